The van der Waals surface area contributed by atoms with E-state index in [0.717, 1.165) is 27.4 Å². The molecule has 0 atom stereocenters. The summed E-state index contributed by atoms with van der Waals surface area (Å²) in [6.45, 7) is 1.91. The lowest BCUT2D eigenvalue weighted by Gasteiger charge is -2.05. The van der Waals surface area contributed by atoms with Gasteiger partial charge in [0.25, 0.3) is 5.69 Å². The second-order valence-electron chi connectivity index (χ2n) is 6.39. The zero-order valence-electron chi connectivity index (χ0n) is 14.4. The molecule has 0 bridgehead atoms. The number of nitrogens with zero attached hydrogens (tertiary/aromatic N) is 2. The normalized spacial score (nSPS) is 11.2. The number of non-ortho nitro benzene ring substituents is 1. The maximum absolute atomic E-state index is 12.9. The predicted molar refractivity (Wildman–Crippen MR) is 102 cm³/mol. The van der Waals surface area contributed by atoms with Crippen molar-refractivity contribution in [2.75, 3.05) is 0 Å². The van der Waals surface area contributed by atoms with Gasteiger partial charge in [-0.2, -0.15) is 0 Å². The molecule has 5 heteroatoms. The molecule has 0 spiro atoms. The molecule has 0 N–H and O–H groups in total. The van der Waals surface area contributed by atoms with Crippen LogP contribution in [0.1, 0.15) is 21.5 Å². The molecule has 0 aliphatic heterocycles. The van der Waals surface area contributed by atoms with Crippen molar-refractivity contribution in [3.63, 3.8) is 0 Å². The number of hydrogen-bond acceptors (Lipinski definition) is 3. The van der Waals surface area contributed by atoms with Crippen molar-refractivity contribution in [2.45, 2.75) is 6.92 Å². The molecular formula is C21H16N2O3. The molecule has 0 unspecified atom stereocenters. The number of nitro groups is 1. The van der Waals surface area contributed by atoms with Crippen LogP contribution in [-0.2, 0) is 7.05 Å². The number of hydrogen-bond donors (Lipinski definition) is 0. The topological polar surface area (TPSA) is 65.1 Å². The van der Waals surface area contributed by atoms with E-state index < -0.39 is 4.92 Å². The summed E-state index contributed by atoms with van der Waals surface area (Å²) in [6.07, 6.45) is 0. The van der Waals surface area contributed by atoms with E-state index in [0.29, 0.717) is 11.1 Å². The van der Waals surface area contributed by atoms with Crippen molar-refractivity contribution in [3.8, 4) is 0 Å². The first kappa shape index (κ1) is 16.0. The van der Waals surface area contributed by atoms with E-state index in [1.54, 1.807) is 12.1 Å². The second kappa shape index (κ2) is 5.81. The van der Waals surface area contributed by atoms with Crippen molar-refractivity contribution in [3.05, 3.63) is 87.5 Å². The standard InChI is InChI=1S/C21H16N2O3/c1-13-5-3-4-6-16(13)21(24)14-7-9-19-17(11-14)18-12-15(23(25)26)8-10-20(18)22(19)2/h3-12H,1-2H3. The fourth-order valence-electron chi connectivity index (χ4n) is 3.44. The van der Waals surface area contributed by atoms with Gasteiger partial charge in [0.1, 0.15) is 0 Å². The lowest BCUT2D eigenvalue weighted by atomic mass is 9.98. The molecule has 1 heterocycles. The maximum atomic E-state index is 12.9. The molecule has 0 radical (unpaired) electrons. The fourth-order valence-corrected chi connectivity index (χ4v) is 3.44. The van der Waals surface area contributed by atoms with E-state index in [1.807, 2.05) is 61.0 Å². The largest absolute Gasteiger partial charge is 0.344 e. The molecule has 0 aliphatic carbocycles. The number of rotatable bonds is 3. The van der Waals surface area contributed by atoms with E-state index in [-0.39, 0.29) is 11.5 Å². The lowest BCUT2D eigenvalue weighted by molar-refractivity contribution is -0.384. The van der Waals surface area contributed by atoms with Gasteiger partial charge >= 0.3 is 0 Å². The first-order valence-electron chi connectivity index (χ1n) is 8.24. The third-order valence-electron chi connectivity index (χ3n) is 4.85. The quantitative estimate of drug-likeness (QED) is 0.305. The highest BCUT2D eigenvalue weighted by Gasteiger charge is 2.16. The Morgan fingerprint density at radius 3 is 2.31 bits per heavy atom. The van der Waals surface area contributed by atoms with Gasteiger partial charge in [-0.05, 0) is 36.8 Å². The third-order valence-corrected chi connectivity index (χ3v) is 4.85. The Balaban J connectivity index is 1.95. The van der Waals surface area contributed by atoms with Gasteiger partial charge in [-0.3, -0.25) is 14.9 Å². The predicted octanol–water partition coefficient (Wildman–Crippen LogP) is 4.78. The number of fused-ring (bicyclic) bond motifs is 3. The van der Waals surface area contributed by atoms with E-state index in [2.05, 4.69) is 0 Å². The van der Waals surface area contributed by atoms with Crippen LogP contribution in [0.15, 0.2) is 60.7 Å². The molecule has 0 aliphatic rings. The van der Waals surface area contributed by atoms with Crippen LogP contribution >= 0.6 is 0 Å². The van der Waals surface area contributed by atoms with Crippen molar-refractivity contribution in [2.24, 2.45) is 7.05 Å². The molecule has 0 saturated heterocycles. The molecule has 128 valence electrons. The number of carbonyl (C=O) groups is 1. The number of benzene rings is 3. The molecule has 3 aromatic carbocycles. The Hall–Kier alpha value is -3.47. The Bertz CT molecular complexity index is 1200. The Morgan fingerprint density at radius 1 is 0.962 bits per heavy atom. The summed E-state index contributed by atoms with van der Waals surface area (Å²) < 4.78 is 1.98. The van der Waals surface area contributed by atoms with E-state index >= 15 is 0 Å². The fraction of sp³-hybridized carbons (Fsp3) is 0.0952. The van der Waals surface area contributed by atoms with Crippen LogP contribution in [0.25, 0.3) is 21.8 Å². The smallest absolute Gasteiger partial charge is 0.270 e. The molecule has 5 nitrogen and oxygen atoms in total. The summed E-state index contributed by atoms with van der Waals surface area (Å²) in [6, 6.07) is 17.8. The zero-order valence-corrected chi connectivity index (χ0v) is 14.4. The molecule has 0 amide bonds. The van der Waals surface area contributed by atoms with Crippen LogP contribution < -0.4 is 0 Å². The Labute approximate surface area is 149 Å². The number of aromatic nitrogens is 1. The molecule has 26 heavy (non-hydrogen) atoms. The molecule has 0 fully saturated rings. The number of carbonyl (C=O) groups excluding carboxylic acids is 1. The van der Waals surface area contributed by atoms with E-state index in [4.69, 9.17) is 0 Å². The van der Waals surface area contributed by atoms with Gasteiger partial charge in [-0.1, -0.05) is 24.3 Å². The highest BCUT2D eigenvalue weighted by Crippen LogP contribution is 2.32. The van der Waals surface area contributed by atoms with Gasteiger partial charge in [0.2, 0.25) is 0 Å². The zero-order chi connectivity index (χ0) is 18.4. The molecular weight excluding hydrogens is 328 g/mol. The maximum Gasteiger partial charge on any atom is 0.270 e. The van der Waals surface area contributed by atoms with Crippen molar-refractivity contribution < 1.29 is 9.72 Å². The van der Waals surface area contributed by atoms with Gasteiger partial charge in [0.05, 0.1) is 4.92 Å². The monoisotopic (exact) mass is 344 g/mol. The summed E-state index contributed by atoms with van der Waals surface area (Å²) in [4.78, 5) is 23.6. The molecule has 4 aromatic rings. The minimum absolute atomic E-state index is 0.0423. The molecule has 4 rings (SSSR count). The van der Waals surface area contributed by atoms with Crippen LogP contribution in [0.3, 0.4) is 0 Å². The lowest BCUT2D eigenvalue weighted by Crippen LogP contribution is -2.03. The van der Waals surface area contributed by atoms with E-state index in [9.17, 15) is 14.9 Å². The first-order valence-corrected chi connectivity index (χ1v) is 8.24. The summed E-state index contributed by atoms with van der Waals surface area (Å²) in [5.74, 6) is -0.0487. The summed E-state index contributed by atoms with van der Waals surface area (Å²) in [5, 5.41) is 12.7. The summed E-state index contributed by atoms with van der Waals surface area (Å²) in [5.41, 5.74) is 4.03. The first-order chi connectivity index (χ1) is 12.5. The average molecular weight is 344 g/mol. The highest BCUT2D eigenvalue weighted by atomic mass is 16.6. The van der Waals surface area contributed by atoms with Crippen molar-refractivity contribution in [1.82, 2.24) is 4.57 Å². The molecule has 0 saturated carbocycles. The second-order valence-corrected chi connectivity index (χ2v) is 6.39. The van der Waals surface area contributed by atoms with Crippen LogP contribution in [0.4, 0.5) is 5.69 Å². The average Bonchev–Trinajstić information content (AvgIpc) is 2.93. The van der Waals surface area contributed by atoms with Gasteiger partial charge in [0.15, 0.2) is 5.78 Å². The van der Waals surface area contributed by atoms with Crippen molar-refractivity contribution in [1.29, 1.82) is 0 Å². The number of nitro benzene ring substituents is 1. The Morgan fingerprint density at radius 2 is 1.62 bits per heavy atom. The van der Waals surface area contributed by atoms with Gasteiger partial charge in [-0.15, -0.1) is 0 Å². The van der Waals surface area contributed by atoms with Gasteiger partial charge < -0.3 is 4.57 Å². The summed E-state index contributed by atoms with van der Waals surface area (Å²) in [7, 11) is 1.92. The van der Waals surface area contributed by atoms with Crippen LogP contribution in [-0.4, -0.2) is 15.3 Å². The van der Waals surface area contributed by atoms with Crippen LogP contribution in [0.2, 0.25) is 0 Å². The van der Waals surface area contributed by atoms with Crippen molar-refractivity contribution >= 4 is 33.3 Å². The number of aryl methyl sites for hydroxylation is 2. The Kier molecular flexibility index (Phi) is 3.58. The SMILES string of the molecule is Cc1ccccc1C(=O)c1ccc2c(c1)c1cc([N+](=O)[O-])ccc1n2C. The highest BCUT2D eigenvalue weighted by molar-refractivity contribution is 6.15. The summed E-state index contributed by atoms with van der Waals surface area (Å²) >= 11 is 0. The molecule has 1 aromatic heterocycles. The minimum Gasteiger partial charge on any atom is -0.344 e. The number of ketones is 1. The van der Waals surface area contributed by atoms with E-state index in [1.165, 1.54) is 6.07 Å². The third kappa shape index (κ3) is 2.37. The van der Waals surface area contributed by atoms with Crippen LogP contribution in [0.5, 0.6) is 0 Å². The van der Waals surface area contributed by atoms with Crippen LogP contribution in [0, 0.1) is 17.0 Å². The van der Waals surface area contributed by atoms with Gasteiger partial charge in [-0.25, -0.2) is 0 Å². The minimum atomic E-state index is -0.402. The van der Waals surface area contributed by atoms with Gasteiger partial charge in [0, 0.05) is 52.1 Å².